The summed E-state index contributed by atoms with van der Waals surface area (Å²) in [6.45, 7) is 3.90. The molecule has 2 unspecified atom stereocenters. The molecule has 172 valence electrons. The Balaban J connectivity index is 1.71. The highest BCUT2D eigenvalue weighted by Crippen LogP contribution is 2.48. The van der Waals surface area contributed by atoms with Crippen LogP contribution in [0.15, 0.2) is 84.1 Å². The number of amides is 1. The molecule has 5 heteroatoms. The zero-order valence-electron chi connectivity index (χ0n) is 19.3. The molecule has 1 aliphatic heterocycles. The summed E-state index contributed by atoms with van der Waals surface area (Å²) in [4.78, 5) is 29.1. The van der Waals surface area contributed by atoms with E-state index in [4.69, 9.17) is 11.6 Å². The van der Waals surface area contributed by atoms with Crippen molar-refractivity contribution >= 4 is 34.7 Å². The van der Waals surface area contributed by atoms with Crippen LogP contribution >= 0.6 is 11.6 Å². The van der Waals surface area contributed by atoms with Crippen LogP contribution in [0, 0.1) is 6.92 Å². The van der Waals surface area contributed by atoms with E-state index in [-0.39, 0.29) is 17.6 Å². The van der Waals surface area contributed by atoms with E-state index in [9.17, 15) is 9.59 Å². The first-order chi connectivity index (χ1) is 16.5. The number of carbonyl (C=O) groups excluding carboxylic acids is 2. The summed E-state index contributed by atoms with van der Waals surface area (Å²) < 4.78 is 0. The third-order valence-corrected chi connectivity index (χ3v) is 7.14. The van der Waals surface area contributed by atoms with E-state index in [0.717, 1.165) is 33.8 Å². The third-order valence-electron chi connectivity index (χ3n) is 6.80. The maximum atomic E-state index is 13.9. The average Bonchev–Trinajstić information content (AvgIpc) is 2.99. The van der Waals surface area contributed by atoms with Gasteiger partial charge in [-0.3, -0.25) is 14.5 Å². The van der Waals surface area contributed by atoms with E-state index in [1.807, 2.05) is 91.5 Å². The second-order valence-corrected chi connectivity index (χ2v) is 9.42. The summed E-state index contributed by atoms with van der Waals surface area (Å²) in [6.07, 6.45) is 1.35. The quantitative estimate of drug-likeness (QED) is 0.450. The van der Waals surface area contributed by atoms with Crippen LogP contribution in [0.5, 0.6) is 0 Å². The Bertz CT molecular complexity index is 1300. The zero-order valence-corrected chi connectivity index (χ0v) is 20.1. The van der Waals surface area contributed by atoms with Crippen LogP contribution < -0.4 is 10.2 Å². The monoisotopic (exact) mass is 470 g/mol. The number of ketones is 1. The smallest absolute Gasteiger partial charge is 0.227 e. The van der Waals surface area contributed by atoms with E-state index in [2.05, 4.69) is 5.32 Å². The fraction of sp³-hybridized carbons (Fsp3) is 0.241. The average molecular weight is 471 g/mol. The summed E-state index contributed by atoms with van der Waals surface area (Å²) >= 11 is 6.52. The van der Waals surface area contributed by atoms with Crippen LogP contribution in [-0.2, 0) is 9.59 Å². The number of aryl methyl sites for hydroxylation is 1. The number of nitrogens with one attached hydrogen (secondary N) is 1. The van der Waals surface area contributed by atoms with Crippen LogP contribution in [0.2, 0.25) is 5.02 Å². The minimum absolute atomic E-state index is 0.0189. The van der Waals surface area contributed by atoms with Crippen molar-refractivity contribution in [2.45, 2.75) is 45.1 Å². The standard InChI is InChI=1S/C29H27ClN2O2/c1-3-27(34)32-25-11-7-6-10-23(25)31-24-16-20(21-8-4-5-9-22(21)30)17-26(33)28(24)29(32)19-14-12-18(2)13-15-19/h4-15,20,29,31H,3,16-17H2,1-2H3. The lowest BCUT2D eigenvalue weighted by atomic mass is 9.78. The van der Waals surface area contributed by atoms with Gasteiger partial charge in [-0.1, -0.05) is 78.7 Å². The molecule has 1 aliphatic carbocycles. The number of anilines is 2. The molecule has 2 aliphatic rings. The Morgan fingerprint density at radius 2 is 1.71 bits per heavy atom. The van der Waals surface area contributed by atoms with Crippen molar-refractivity contribution in [2.24, 2.45) is 0 Å². The Morgan fingerprint density at radius 1 is 1.00 bits per heavy atom. The van der Waals surface area contributed by atoms with Crippen LogP contribution in [-0.4, -0.2) is 11.7 Å². The lowest BCUT2D eigenvalue weighted by molar-refractivity contribution is -0.119. The largest absolute Gasteiger partial charge is 0.357 e. The summed E-state index contributed by atoms with van der Waals surface area (Å²) in [5.74, 6) is 0.00672. The number of carbonyl (C=O) groups is 2. The number of allylic oxidation sites excluding steroid dienone is 1. The van der Waals surface area contributed by atoms with Crippen LogP contribution in [0.3, 0.4) is 0 Å². The number of hydrogen-bond acceptors (Lipinski definition) is 3. The maximum absolute atomic E-state index is 13.9. The number of fused-ring (bicyclic) bond motifs is 1. The van der Waals surface area contributed by atoms with Crippen LogP contribution in [0.1, 0.15) is 54.8 Å². The lowest BCUT2D eigenvalue weighted by Crippen LogP contribution is -2.38. The first-order valence-electron chi connectivity index (χ1n) is 11.7. The molecule has 0 fully saturated rings. The summed E-state index contributed by atoms with van der Waals surface area (Å²) in [7, 11) is 0. The Labute approximate surface area is 205 Å². The molecular weight excluding hydrogens is 444 g/mol. The highest BCUT2D eigenvalue weighted by molar-refractivity contribution is 6.31. The van der Waals surface area contributed by atoms with Gasteiger partial charge in [-0.05, 0) is 48.6 Å². The highest BCUT2D eigenvalue weighted by Gasteiger charge is 2.41. The van der Waals surface area contributed by atoms with Crippen molar-refractivity contribution in [3.63, 3.8) is 0 Å². The molecule has 0 spiro atoms. The molecule has 0 saturated heterocycles. The second-order valence-electron chi connectivity index (χ2n) is 9.01. The van der Waals surface area contributed by atoms with Crippen molar-refractivity contribution in [3.8, 4) is 0 Å². The van der Waals surface area contributed by atoms with Crippen molar-refractivity contribution < 1.29 is 9.59 Å². The Hall–Kier alpha value is -3.37. The highest BCUT2D eigenvalue weighted by atomic mass is 35.5. The summed E-state index contributed by atoms with van der Waals surface area (Å²) in [6, 6.07) is 23.2. The number of benzene rings is 3. The summed E-state index contributed by atoms with van der Waals surface area (Å²) in [5.41, 5.74) is 6.21. The van der Waals surface area contributed by atoms with Gasteiger partial charge in [-0.25, -0.2) is 0 Å². The fourth-order valence-electron chi connectivity index (χ4n) is 5.13. The van der Waals surface area contributed by atoms with Gasteiger partial charge in [0.2, 0.25) is 5.91 Å². The molecule has 5 rings (SSSR count). The predicted octanol–water partition coefficient (Wildman–Crippen LogP) is 6.96. The number of Topliss-reactive ketones (excluding diaryl/α,β-unsaturated/α-hetero) is 1. The molecule has 0 saturated carbocycles. The van der Waals surface area contributed by atoms with Gasteiger partial charge in [0.15, 0.2) is 5.78 Å². The molecule has 0 bridgehead atoms. The molecule has 1 amide bonds. The number of rotatable bonds is 3. The van der Waals surface area contributed by atoms with Crippen molar-refractivity contribution in [3.05, 3.63) is 106 Å². The number of nitrogens with zero attached hydrogens (tertiary/aromatic N) is 1. The van der Waals surface area contributed by atoms with Crippen LogP contribution in [0.4, 0.5) is 11.4 Å². The molecule has 4 nitrogen and oxygen atoms in total. The first-order valence-corrected chi connectivity index (χ1v) is 12.1. The molecule has 1 heterocycles. The zero-order chi connectivity index (χ0) is 23.8. The van der Waals surface area contributed by atoms with Gasteiger partial charge in [0.1, 0.15) is 0 Å². The van der Waals surface area contributed by atoms with E-state index < -0.39 is 6.04 Å². The van der Waals surface area contributed by atoms with E-state index >= 15 is 0 Å². The van der Waals surface area contributed by atoms with Gasteiger partial charge >= 0.3 is 0 Å². The predicted molar refractivity (Wildman–Crippen MR) is 137 cm³/mol. The minimum atomic E-state index is -0.487. The van der Waals surface area contributed by atoms with Gasteiger partial charge in [-0.15, -0.1) is 0 Å². The molecule has 1 N–H and O–H groups in total. The molecule has 0 radical (unpaired) electrons. The normalized spacial score (nSPS) is 19.7. The Kier molecular flexibility index (Phi) is 6.01. The minimum Gasteiger partial charge on any atom is -0.357 e. The number of hydrogen-bond donors (Lipinski definition) is 1. The molecule has 2 atom stereocenters. The van der Waals surface area contributed by atoms with E-state index in [1.165, 1.54) is 0 Å². The van der Waals surface area contributed by atoms with E-state index in [1.54, 1.807) is 0 Å². The first kappa shape index (κ1) is 22.4. The van der Waals surface area contributed by atoms with Gasteiger partial charge < -0.3 is 5.32 Å². The summed E-state index contributed by atoms with van der Waals surface area (Å²) in [5, 5.41) is 4.23. The maximum Gasteiger partial charge on any atom is 0.227 e. The SMILES string of the molecule is CCC(=O)N1c2ccccc2NC2=C(C(=O)CC(c3ccccc3Cl)C2)C1c1ccc(C)cc1. The molecule has 3 aromatic carbocycles. The van der Waals surface area contributed by atoms with Crippen molar-refractivity contribution in [1.29, 1.82) is 0 Å². The Morgan fingerprint density at radius 3 is 2.44 bits per heavy atom. The van der Waals surface area contributed by atoms with Crippen molar-refractivity contribution in [2.75, 3.05) is 10.2 Å². The van der Waals surface area contributed by atoms with Gasteiger partial charge in [0.05, 0.1) is 17.4 Å². The number of para-hydroxylation sites is 2. The van der Waals surface area contributed by atoms with Crippen molar-refractivity contribution in [1.82, 2.24) is 0 Å². The molecule has 0 aromatic heterocycles. The molecule has 34 heavy (non-hydrogen) atoms. The fourth-order valence-corrected chi connectivity index (χ4v) is 5.42. The second kappa shape index (κ2) is 9.11. The van der Waals surface area contributed by atoms with Gasteiger partial charge in [0.25, 0.3) is 0 Å². The lowest BCUT2D eigenvalue weighted by Gasteiger charge is -2.35. The number of halogens is 1. The third kappa shape index (κ3) is 3.92. The molecular formula is C29H27ClN2O2. The van der Waals surface area contributed by atoms with Gasteiger partial charge in [-0.2, -0.15) is 0 Å². The molecule has 3 aromatic rings. The van der Waals surface area contributed by atoms with Gasteiger partial charge in [0, 0.05) is 29.1 Å². The topological polar surface area (TPSA) is 49.4 Å². The van der Waals surface area contributed by atoms with Crippen LogP contribution in [0.25, 0.3) is 0 Å². The van der Waals surface area contributed by atoms with E-state index in [0.29, 0.717) is 29.9 Å².